The maximum absolute atomic E-state index is 12.9. The summed E-state index contributed by atoms with van der Waals surface area (Å²) in [4.78, 5) is 41.6. The Labute approximate surface area is 232 Å². The van der Waals surface area contributed by atoms with Crippen molar-refractivity contribution in [2.75, 3.05) is 50.5 Å². The number of likely N-dealkylation sites (N-methyl/N-ethyl adjacent to an activating group) is 2. The average Bonchev–Trinajstić information content (AvgIpc) is 3.23. The zero-order valence-corrected chi connectivity index (χ0v) is 22.8. The summed E-state index contributed by atoms with van der Waals surface area (Å²) in [6.45, 7) is 2.42. The van der Waals surface area contributed by atoms with Gasteiger partial charge in [-0.15, -0.1) is 0 Å². The van der Waals surface area contributed by atoms with Crippen LogP contribution in [0.25, 0.3) is 0 Å². The molecule has 3 N–H and O–H groups in total. The quantitative estimate of drug-likeness (QED) is 0.327. The van der Waals surface area contributed by atoms with Crippen molar-refractivity contribution < 1.29 is 18.8 Å². The van der Waals surface area contributed by atoms with Crippen molar-refractivity contribution in [2.45, 2.75) is 18.8 Å². The highest BCUT2D eigenvalue weighted by Crippen LogP contribution is 2.38. The summed E-state index contributed by atoms with van der Waals surface area (Å²) >= 11 is 1.16. The lowest BCUT2D eigenvalue weighted by Gasteiger charge is -2.24. The van der Waals surface area contributed by atoms with E-state index in [0.29, 0.717) is 30.2 Å². The van der Waals surface area contributed by atoms with Gasteiger partial charge in [0.2, 0.25) is 11.8 Å². The Bertz CT molecular complexity index is 1220. The van der Waals surface area contributed by atoms with Crippen LogP contribution in [0.5, 0.6) is 0 Å². The number of anilines is 2. The predicted molar refractivity (Wildman–Crippen MR) is 151 cm³/mol. The predicted octanol–water partition coefficient (Wildman–Crippen LogP) is 3.20. The lowest BCUT2D eigenvalue weighted by molar-refractivity contribution is -0.129. The Balaban J connectivity index is 1.55. The molecule has 3 rings (SSSR count). The van der Waals surface area contributed by atoms with Crippen LogP contribution in [0.1, 0.15) is 12.5 Å². The highest BCUT2D eigenvalue weighted by Gasteiger charge is 2.42. The van der Waals surface area contributed by atoms with Crippen LogP contribution in [0.4, 0.5) is 15.8 Å². The second-order valence-corrected chi connectivity index (χ2v) is 10.1. The SMILES string of the molecule is CCN1C(=O)C(=CCNc2cccc(NC(=O)CN(C)Cc3ccccc3)c2)SC1C(C#N)C(=O)NCCF. The van der Waals surface area contributed by atoms with Gasteiger partial charge in [-0.05, 0) is 43.8 Å². The number of nitrogens with one attached hydrogen (secondary N) is 3. The Morgan fingerprint density at radius 3 is 2.64 bits per heavy atom. The number of carbonyl (C=O) groups is 3. The molecule has 2 unspecified atom stereocenters. The molecular weight excluding hydrogens is 519 g/mol. The first kappa shape index (κ1) is 29.7. The molecule has 2 atom stereocenters. The van der Waals surface area contributed by atoms with Gasteiger partial charge in [0.25, 0.3) is 5.91 Å². The van der Waals surface area contributed by atoms with Crippen molar-refractivity contribution in [3.63, 3.8) is 0 Å². The number of nitrogens with zero attached hydrogens (tertiary/aromatic N) is 3. The fourth-order valence-corrected chi connectivity index (χ4v) is 5.46. The summed E-state index contributed by atoms with van der Waals surface area (Å²) in [5, 5.41) is 17.4. The van der Waals surface area contributed by atoms with Gasteiger partial charge in [0, 0.05) is 37.6 Å². The van der Waals surface area contributed by atoms with Crippen molar-refractivity contribution in [1.82, 2.24) is 15.1 Å². The molecule has 0 bridgehead atoms. The van der Waals surface area contributed by atoms with E-state index in [4.69, 9.17) is 0 Å². The highest BCUT2D eigenvalue weighted by molar-refractivity contribution is 8.05. The molecule has 1 saturated heterocycles. The number of amides is 3. The van der Waals surface area contributed by atoms with Gasteiger partial charge in [0.15, 0.2) is 5.92 Å². The number of hydrogen-bond donors (Lipinski definition) is 3. The van der Waals surface area contributed by atoms with Gasteiger partial charge in [-0.3, -0.25) is 19.3 Å². The summed E-state index contributed by atoms with van der Waals surface area (Å²) in [7, 11) is 1.89. The van der Waals surface area contributed by atoms with Crippen LogP contribution >= 0.6 is 11.8 Å². The Morgan fingerprint density at radius 2 is 1.95 bits per heavy atom. The maximum atomic E-state index is 12.9. The number of benzene rings is 2. The number of carbonyl (C=O) groups excluding carboxylic acids is 3. The van der Waals surface area contributed by atoms with E-state index in [1.807, 2.05) is 60.5 Å². The third-order valence-corrected chi connectivity index (χ3v) is 7.28. The highest BCUT2D eigenvalue weighted by atomic mass is 32.2. The molecule has 1 aliphatic heterocycles. The van der Waals surface area contributed by atoms with Crippen LogP contribution < -0.4 is 16.0 Å². The van der Waals surface area contributed by atoms with Gasteiger partial charge in [0.05, 0.1) is 17.5 Å². The van der Waals surface area contributed by atoms with Crippen molar-refractivity contribution >= 4 is 40.9 Å². The van der Waals surface area contributed by atoms with Crippen LogP contribution in [0.2, 0.25) is 0 Å². The van der Waals surface area contributed by atoms with Crippen molar-refractivity contribution in [2.24, 2.45) is 5.92 Å². The number of rotatable bonds is 13. The number of alkyl halides is 1. The molecule has 0 aromatic heterocycles. The molecule has 2 aromatic rings. The molecule has 0 aliphatic carbocycles. The van der Waals surface area contributed by atoms with Gasteiger partial charge in [-0.1, -0.05) is 48.2 Å². The lowest BCUT2D eigenvalue weighted by atomic mass is 10.1. The van der Waals surface area contributed by atoms with Gasteiger partial charge in [-0.2, -0.15) is 5.26 Å². The summed E-state index contributed by atoms with van der Waals surface area (Å²) in [5.74, 6) is -2.10. The molecule has 1 aliphatic rings. The first-order valence-corrected chi connectivity index (χ1v) is 13.5. The average molecular weight is 553 g/mol. The largest absolute Gasteiger partial charge is 0.381 e. The lowest BCUT2D eigenvalue weighted by Crippen LogP contribution is -2.44. The molecule has 2 aromatic carbocycles. The molecular formula is C28H33FN6O3S. The number of hydrogen-bond acceptors (Lipinski definition) is 7. The first-order chi connectivity index (χ1) is 18.9. The second-order valence-electron chi connectivity index (χ2n) is 8.92. The van der Waals surface area contributed by atoms with Gasteiger partial charge in [-0.25, -0.2) is 4.39 Å². The molecule has 9 nitrogen and oxygen atoms in total. The minimum absolute atomic E-state index is 0.131. The van der Waals surface area contributed by atoms with Crippen molar-refractivity contribution in [1.29, 1.82) is 5.26 Å². The monoisotopic (exact) mass is 552 g/mol. The van der Waals surface area contributed by atoms with Crippen molar-refractivity contribution in [3.05, 3.63) is 71.1 Å². The topological polar surface area (TPSA) is 118 Å². The zero-order valence-electron chi connectivity index (χ0n) is 22.0. The number of halogens is 1. The zero-order chi connectivity index (χ0) is 28.2. The molecule has 39 heavy (non-hydrogen) atoms. The minimum atomic E-state index is -1.11. The Morgan fingerprint density at radius 1 is 1.21 bits per heavy atom. The normalized spacial score (nSPS) is 16.7. The Hall–Kier alpha value is -3.88. The number of nitriles is 1. The van der Waals surface area contributed by atoms with Crippen LogP contribution in [0.3, 0.4) is 0 Å². The van der Waals surface area contributed by atoms with Crippen molar-refractivity contribution in [3.8, 4) is 6.07 Å². The third kappa shape index (κ3) is 8.56. The van der Waals surface area contributed by atoms with Crippen LogP contribution in [-0.2, 0) is 20.9 Å². The molecule has 0 radical (unpaired) electrons. The van der Waals surface area contributed by atoms with E-state index in [-0.39, 0.29) is 24.9 Å². The van der Waals surface area contributed by atoms with Crippen LogP contribution in [-0.4, -0.2) is 72.8 Å². The molecule has 11 heteroatoms. The molecule has 1 fully saturated rings. The van der Waals surface area contributed by atoms with Crippen LogP contribution in [0.15, 0.2) is 65.6 Å². The van der Waals surface area contributed by atoms with E-state index >= 15 is 0 Å². The van der Waals surface area contributed by atoms with E-state index in [0.717, 1.165) is 23.0 Å². The molecule has 3 amide bonds. The van der Waals surface area contributed by atoms with Crippen LogP contribution in [0, 0.1) is 17.2 Å². The summed E-state index contributed by atoms with van der Waals surface area (Å²) in [6, 6.07) is 19.2. The smallest absolute Gasteiger partial charge is 0.261 e. The third-order valence-electron chi connectivity index (χ3n) is 5.92. The second kappa shape index (κ2) is 14.9. The fraction of sp³-hybridized carbons (Fsp3) is 0.357. The van der Waals surface area contributed by atoms with Gasteiger partial charge < -0.3 is 20.9 Å². The maximum Gasteiger partial charge on any atom is 0.261 e. The summed E-state index contributed by atoms with van der Waals surface area (Å²) in [6.07, 6.45) is 1.72. The number of thioether (sulfide) groups is 1. The van der Waals surface area contributed by atoms with Gasteiger partial charge in [0.1, 0.15) is 12.0 Å². The van der Waals surface area contributed by atoms with E-state index in [1.165, 1.54) is 4.90 Å². The van der Waals surface area contributed by atoms with Gasteiger partial charge >= 0.3 is 0 Å². The molecule has 0 spiro atoms. The standard InChI is InChI=1S/C28H33FN6O3S/c1-3-35-27(38)24(39-28(35)23(17-30)26(37)32-15-13-29)12-14-31-21-10-7-11-22(16-21)33-25(36)19-34(2)18-20-8-5-4-6-9-20/h4-12,16,23,28,31H,3,13-15,18-19H2,1-2H3,(H,32,37)(H,33,36). The van der Waals surface area contributed by atoms with E-state index < -0.39 is 23.9 Å². The fourth-order valence-electron chi connectivity index (χ4n) is 4.11. The Kier molecular flexibility index (Phi) is 11.3. The van der Waals surface area contributed by atoms with E-state index in [2.05, 4.69) is 16.0 Å². The molecule has 0 saturated carbocycles. The molecule has 206 valence electrons. The summed E-state index contributed by atoms with van der Waals surface area (Å²) < 4.78 is 12.4. The minimum Gasteiger partial charge on any atom is -0.381 e. The summed E-state index contributed by atoms with van der Waals surface area (Å²) in [5.41, 5.74) is 2.52. The first-order valence-electron chi connectivity index (χ1n) is 12.6. The van der Waals surface area contributed by atoms with E-state index in [1.54, 1.807) is 25.1 Å². The molecule has 1 heterocycles. The van der Waals surface area contributed by atoms with E-state index in [9.17, 15) is 24.0 Å².